The van der Waals surface area contributed by atoms with Gasteiger partial charge in [0, 0.05) is 30.9 Å². The molecule has 8 heteroatoms. The second kappa shape index (κ2) is 6.90. The molecule has 0 bridgehead atoms. The molecule has 2 aromatic heterocycles. The maximum atomic E-state index is 12.8. The summed E-state index contributed by atoms with van der Waals surface area (Å²) in [5.74, 6) is -0.459. The van der Waals surface area contributed by atoms with Crippen LogP contribution in [0.4, 0.5) is 8.78 Å². The molecule has 24 heavy (non-hydrogen) atoms. The maximum Gasteiger partial charge on any atom is 0.131 e. The number of fused-ring (bicyclic) bond motifs is 2. The Labute approximate surface area is 164 Å². The van der Waals surface area contributed by atoms with Crippen LogP contribution < -0.4 is 0 Å². The Balaban J connectivity index is 0.000000141. The Morgan fingerprint density at radius 2 is 1.46 bits per heavy atom. The first-order chi connectivity index (χ1) is 11.4. The summed E-state index contributed by atoms with van der Waals surface area (Å²) in [4.78, 5) is 0. The number of hydrogen-bond acceptors (Lipinski definition) is 2. The Kier molecular flexibility index (Phi) is 5.04. The monoisotopic (exact) mass is 552 g/mol. The van der Waals surface area contributed by atoms with Crippen LogP contribution in [-0.4, -0.2) is 19.6 Å². The highest BCUT2D eigenvalue weighted by Crippen LogP contribution is 2.20. The van der Waals surface area contributed by atoms with E-state index in [4.69, 9.17) is 0 Å². The molecule has 0 spiro atoms. The van der Waals surface area contributed by atoms with Crippen LogP contribution in [-0.2, 0) is 14.1 Å². The Hall–Kier alpha value is -1.30. The molecule has 0 aliphatic rings. The third kappa shape index (κ3) is 3.39. The van der Waals surface area contributed by atoms with E-state index in [0.717, 1.165) is 23.7 Å². The summed E-state index contributed by atoms with van der Waals surface area (Å²) in [6.07, 6.45) is 0. The van der Waals surface area contributed by atoms with Gasteiger partial charge in [0.2, 0.25) is 0 Å². The summed E-state index contributed by atoms with van der Waals surface area (Å²) in [5, 5.41) is 10.3. The fourth-order valence-corrected chi connectivity index (χ4v) is 3.67. The average Bonchev–Trinajstić information content (AvgIpc) is 2.96. The molecule has 0 saturated carbocycles. The second-order valence-electron chi connectivity index (χ2n) is 5.15. The Morgan fingerprint density at radius 1 is 0.833 bits per heavy atom. The van der Waals surface area contributed by atoms with Gasteiger partial charge in [-0.15, -0.1) is 0 Å². The lowest BCUT2D eigenvalue weighted by Crippen LogP contribution is -1.91. The largest absolute Gasteiger partial charge is 0.267 e. The van der Waals surface area contributed by atoms with Gasteiger partial charge < -0.3 is 0 Å². The van der Waals surface area contributed by atoms with E-state index in [1.807, 2.05) is 14.1 Å². The van der Waals surface area contributed by atoms with Gasteiger partial charge in [-0.3, -0.25) is 9.36 Å². The minimum atomic E-state index is -0.239. The zero-order valence-corrected chi connectivity index (χ0v) is 17.1. The van der Waals surface area contributed by atoms with E-state index in [1.54, 1.807) is 21.5 Å². The van der Waals surface area contributed by atoms with Crippen molar-refractivity contribution in [3.63, 3.8) is 0 Å². The van der Waals surface area contributed by atoms with Crippen molar-refractivity contribution < 1.29 is 8.78 Å². The van der Waals surface area contributed by atoms with Crippen LogP contribution in [0.15, 0.2) is 36.4 Å². The first-order valence-electron chi connectivity index (χ1n) is 6.92. The van der Waals surface area contributed by atoms with Crippen molar-refractivity contribution in [1.82, 2.24) is 19.6 Å². The molecule has 0 aliphatic heterocycles. The van der Waals surface area contributed by atoms with Gasteiger partial charge in [0.1, 0.15) is 19.0 Å². The number of aryl methyl sites for hydroxylation is 2. The zero-order chi connectivity index (χ0) is 17.4. The highest BCUT2D eigenvalue weighted by molar-refractivity contribution is 14.1. The molecule has 0 aliphatic carbocycles. The minimum Gasteiger partial charge on any atom is -0.267 e. The minimum absolute atomic E-state index is 0.220. The van der Waals surface area contributed by atoms with Crippen molar-refractivity contribution >= 4 is 67.0 Å². The van der Waals surface area contributed by atoms with E-state index >= 15 is 0 Å². The van der Waals surface area contributed by atoms with Gasteiger partial charge >= 0.3 is 0 Å². The van der Waals surface area contributed by atoms with Gasteiger partial charge in [0.25, 0.3) is 0 Å². The predicted molar refractivity (Wildman–Crippen MR) is 107 cm³/mol. The molecule has 0 N–H and O–H groups in total. The number of halogens is 4. The summed E-state index contributed by atoms with van der Waals surface area (Å²) < 4.78 is 30.9. The molecule has 0 unspecified atom stereocenters. The smallest absolute Gasteiger partial charge is 0.131 e. The van der Waals surface area contributed by atoms with Gasteiger partial charge in [0.05, 0.1) is 11.0 Å². The highest BCUT2D eigenvalue weighted by Gasteiger charge is 2.06. The van der Waals surface area contributed by atoms with Crippen LogP contribution in [0.2, 0.25) is 0 Å². The SMILES string of the molecule is Cn1nc(I)c2ccc(F)cc21.Cn1nc2cc(F)ccc2c1I. The molecule has 0 atom stereocenters. The number of aromatic nitrogens is 4. The van der Waals surface area contributed by atoms with E-state index in [2.05, 4.69) is 55.4 Å². The van der Waals surface area contributed by atoms with Crippen LogP contribution in [0.1, 0.15) is 0 Å². The van der Waals surface area contributed by atoms with Gasteiger partial charge in [-0.25, -0.2) is 8.78 Å². The first-order valence-corrected chi connectivity index (χ1v) is 9.08. The topological polar surface area (TPSA) is 35.6 Å². The fourth-order valence-electron chi connectivity index (χ4n) is 2.33. The lowest BCUT2D eigenvalue weighted by molar-refractivity contribution is 0.628. The van der Waals surface area contributed by atoms with Gasteiger partial charge in [-0.2, -0.15) is 10.2 Å². The van der Waals surface area contributed by atoms with Gasteiger partial charge in [-0.1, -0.05) is 0 Å². The molecule has 4 rings (SSSR count). The van der Waals surface area contributed by atoms with Crippen LogP contribution in [0.3, 0.4) is 0 Å². The molecule has 0 fully saturated rings. The Bertz CT molecular complexity index is 1030. The number of nitrogens with zero attached hydrogens (tertiary/aromatic N) is 4. The van der Waals surface area contributed by atoms with Crippen LogP contribution in [0, 0.1) is 19.0 Å². The standard InChI is InChI=1S/2C8H6FIN2/c1-12-7-4-5(9)2-3-6(7)8(10)11-12;1-12-8(10)6-3-2-5(9)4-7(6)11-12/h2*2-4H,1H3. The molecule has 124 valence electrons. The van der Waals surface area contributed by atoms with E-state index in [0.29, 0.717) is 5.52 Å². The van der Waals surface area contributed by atoms with Crippen molar-refractivity contribution in [2.75, 3.05) is 0 Å². The normalized spacial score (nSPS) is 10.9. The van der Waals surface area contributed by atoms with E-state index in [9.17, 15) is 8.78 Å². The lowest BCUT2D eigenvalue weighted by Gasteiger charge is -1.92. The van der Waals surface area contributed by atoms with Crippen molar-refractivity contribution in [1.29, 1.82) is 0 Å². The van der Waals surface area contributed by atoms with Crippen LogP contribution in [0.5, 0.6) is 0 Å². The summed E-state index contributed by atoms with van der Waals surface area (Å²) in [5.41, 5.74) is 1.54. The Morgan fingerprint density at radius 3 is 2.17 bits per heavy atom. The van der Waals surface area contributed by atoms with Crippen molar-refractivity contribution in [2.24, 2.45) is 14.1 Å². The maximum absolute atomic E-state index is 12.8. The van der Waals surface area contributed by atoms with Crippen LogP contribution >= 0.6 is 45.2 Å². The van der Waals surface area contributed by atoms with E-state index < -0.39 is 0 Å². The molecule has 0 saturated heterocycles. The second-order valence-corrected chi connectivity index (χ2v) is 7.20. The van der Waals surface area contributed by atoms with Crippen molar-refractivity contribution in [3.05, 3.63) is 55.4 Å². The average molecular weight is 552 g/mol. The predicted octanol–water partition coefficient (Wildman–Crippen LogP) is 4.63. The number of hydrogen-bond donors (Lipinski definition) is 0. The van der Waals surface area contributed by atoms with Crippen molar-refractivity contribution in [2.45, 2.75) is 0 Å². The molecule has 4 nitrogen and oxygen atoms in total. The van der Waals surface area contributed by atoms with Crippen LogP contribution in [0.25, 0.3) is 21.8 Å². The molecule has 0 amide bonds. The van der Waals surface area contributed by atoms with Gasteiger partial charge in [0.15, 0.2) is 0 Å². The first kappa shape index (κ1) is 17.5. The summed E-state index contributed by atoms with van der Waals surface area (Å²) in [7, 11) is 3.66. The third-order valence-corrected chi connectivity index (χ3v) is 5.57. The van der Waals surface area contributed by atoms with Crippen molar-refractivity contribution in [3.8, 4) is 0 Å². The fraction of sp³-hybridized carbons (Fsp3) is 0.125. The highest BCUT2D eigenvalue weighted by atomic mass is 127. The molecule has 2 aromatic carbocycles. The zero-order valence-electron chi connectivity index (χ0n) is 12.8. The molecule has 0 radical (unpaired) electrons. The van der Waals surface area contributed by atoms with Gasteiger partial charge in [-0.05, 0) is 75.5 Å². The molecular weight excluding hydrogens is 540 g/mol. The number of rotatable bonds is 0. The molecule has 4 aromatic rings. The molecular formula is C16H12F2I2N4. The van der Waals surface area contributed by atoms with E-state index in [-0.39, 0.29) is 11.6 Å². The third-order valence-electron chi connectivity index (χ3n) is 3.49. The summed E-state index contributed by atoms with van der Waals surface area (Å²) >= 11 is 4.32. The lowest BCUT2D eigenvalue weighted by atomic mass is 10.2. The number of benzene rings is 2. The summed E-state index contributed by atoms with van der Waals surface area (Å²) in [6, 6.07) is 9.33. The quantitative estimate of drug-likeness (QED) is 0.299. The molecule has 2 heterocycles. The van der Waals surface area contributed by atoms with E-state index in [1.165, 1.54) is 24.3 Å². The summed E-state index contributed by atoms with van der Waals surface area (Å²) in [6.45, 7) is 0.